The molecule has 1 radical (unpaired) electrons. The minimum absolute atomic E-state index is 0.453. The van der Waals surface area contributed by atoms with Crippen LogP contribution in [0.25, 0.3) is 0 Å². The Balaban J connectivity index is 2.82. The van der Waals surface area contributed by atoms with Crippen molar-refractivity contribution in [3.05, 3.63) is 35.9 Å². The van der Waals surface area contributed by atoms with Gasteiger partial charge in [-0.2, -0.15) is 0 Å². The SMILES string of the molecule is CCCC(C([O])=O)c1ccccc1. The molecule has 0 heterocycles. The van der Waals surface area contributed by atoms with Gasteiger partial charge in [-0.25, -0.2) is 9.90 Å². The van der Waals surface area contributed by atoms with Crippen LogP contribution in [0.2, 0.25) is 0 Å². The molecule has 0 saturated carbocycles. The van der Waals surface area contributed by atoms with E-state index in [0.717, 1.165) is 12.0 Å². The average Bonchev–Trinajstić information content (AvgIpc) is 2.15. The van der Waals surface area contributed by atoms with Gasteiger partial charge in [-0.3, -0.25) is 0 Å². The Bertz CT molecular complexity index is 267. The number of hydrogen-bond acceptors (Lipinski definition) is 1. The van der Waals surface area contributed by atoms with E-state index >= 15 is 0 Å². The number of carbonyl (C=O) groups is 1. The molecular formula is C11H13O2. The molecule has 0 bridgehead atoms. The molecule has 0 aliphatic carbocycles. The molecule has 2 heteroatoms. The summed E-state index contributed by atoms with van der Waals surface area (Å²) >= 11 is 0. The lowest BCUT2D eigenvalue weighted by molar-refractivity contribution is -0.145. The molecule has 1 atom stereocenters. The molecule has 69 valence electrons. The highest BCUT2D eigenvalue weighted by atomic mass is 16.4. The second-order valence-electron chi connectivity index (χ2n) is 3.07. The molecular weight excluding hydrogens is 164 g/mol. The summed E-state index contributed by atoms with van der Waals surface area (Å²) < 4.78 is 0. The zero-order chi connectivity index (χ0) is 9.68. The van der Waals surface area contributed by atoms with Crippen molar-refractivity contribution in [1.82, 2.24) is 0 Å². The Hall–Kier alpha value is -1.31. The predicted molar refractivity (Wildman–Crippen MR) is 49.8 cm³/mol. The van der Waals surface area contributed by atoms with E-state index in [2.05, 4.69) is 0 Å². The Morgan fingerprint density at radius 1 is 1.31 bits per heavy atom. The highest BCUT2D eigenvalue weighted by Crippen LogP contribution is 2.21. The van der Waals surface area contributed by atoms with Crippen molar-refractivity contribution >= 4 is 5.97 Å². The summed E-state index contributed by atoms with van der Waals surface area (Å²) in [5.74, 6) is -1.43. The quantitative estimate of drug-likeness (QED) is 0.696. The second-order valence-corrected chi connectivity index (χ2v) is 3.07. The molecule has 1 unspecified atom stereocenters. The molecule has 1 aromatic rings. The van der Waals surface area contributed by atoms with E-state index in [-0.39, 0.29) is 0 Å². The molecule has 1 aromatic carbocycles. The van der Waals surface area contributed by atoms with Crippen LogP contribution in [0, 0.1) is 0 Å². The normalized spacial score (nSPS) is 12.4. The first-order valence-electron chi connectivity index (χ1n) is 4.51. The van der Waals surface area contributed by atoms with Crippen LogP contribution >= 0.6 is 0 Å². The van der Waals surface area contributed by atoms with E-state index < -0.39 is 11.9 Å². The average molecular weight is 177 g/mol. The molecule has 0 N–H and O–H groups in total. The lowest BCUT2D eigenvalue weighted by Gasteiger charge is -2.08. The first-order valence-corrected chi connectivity index (χ1v) is 4.51. The van der Waals surface area contributed by atoms with Crippen LogP contribution in [0.5, 0.6) is 0 Å². The van der Waals surface area contributed by atoms with Crippen LogP contribution in [0.15, 0.2) is 30.3 Å². The Kier molecular flexibility index (Phi) is 3.50. The smallest absolute Gasteiger partial charge is 0.247 e. The maximum absolute atomic E-state index is 10.8. The molecule has 0 fully saturated rings. The minimum Gasteiger partial charge on any atom is -0.247 e. The lowest BCUT2D eigenvalue weighted by atomic mass is 9.95. The fourth-order valence-electron chi connectivity index (χ4n) is 1.39. The summed E-state index contributed by atoms with van der Waals surface area (Å²) in [5.41, 5.74) is 0.837. The summed E-state index contributed by atoms with van der Waals surface area (Å²) in [5, 5.41) is 10.8. The molecule has 0 aliphatic heterocycles. The third kappa shape index (κ3) is 2.58. The minimum atomic E-state index is -0.979. The predicted octanol–water partition coefficient (Wildman–Crippen LogP) is 2.53. The van der Waals surface area contributed by atoms with Crippen molar-refractivity contribution < 1.29 is 9.90 Å². The summed E-state index contributed by atoms with van der Waals surface area (Å²) in [4.78, 5) is 10.8. The molecule has 13 heavy (non-hydrogen) atoms. The van der Waals surface area contributed by atoms with Gasteiger partial charge in [0, 0.05) is 0 Å². The van der Waals surface area contributed by atoms with Crippen LogP contribution in [-0.2, 0) is 9.90 Å². The van der Waals surface area contributed by atoms with Gasteiger partial charge in [-0.05, 0) is 12.0 Å². The molecule has 1 rings (SSSR count). The zero-order valence-corrected chi connectivity index (χ0v) is 7.69. The van der Waals surface area contributed by atoms with Gasteiger partial charge in [0.1, 0.15) is 0 Å². The maximum Gasteiger partial charge on any atom is 0.362 e. The van der Waals surface area contributed by atoms with Crippen molar-refractivity contribution in [1.29, 1.82) is 0 Å². The van der Waals surface area contributed by atoms with Crippen molar-refractivity contribution in [2.24, 2.45) is 0 Å². The maximum atomic E-state index is 10.8. The van der Waals surface area contributed by atoms with Crippen LogP contribution in [0.4, 0.5) is 0 Å². The van der Waals surface area contributed by atoms with Crippen LogP contribution in [0.3, 0.4) is 0 Å². The Morgan fingerprint density at radius 2 is 1.92 bits per heavy atom. The zero-order valence-electron chi connectivity index (χ0n) is 7.69. The number of hydrogen-bond donors (Lipinski definition) is 0. The molecule has 0 spiro atoms. The largest absolute Gasteiger partial charge is 0.362 e. The first-order chi connectivity index (χ1) is 6.25. The highest BCUT2D eigenvalue weighted by Gasteiger charge is 2.19. The van der Waals surface area contributed by atoms with E-state index in [9.17, 15) is 9.90 Å². The van der Waals surface area contributed by atoms with Crippen LogP contribution in [-0.4, -0.2) is 5.97 Å². The van der Waals surface area contributed by atoms with Gasteiger partial charge in [0.25, 0.3) is 0 Å². The third-order valence-electron chi connectivity index (χ3n) is 2.06. The summed E-state index contributed by atoms with van der Waals surface area (Å²) in [7, 11) is 0. The fourth-order valence-corrected chi connectivity index (χ4v) is 1.39. The first kappa shape index (κ1) is 9.78. The third-order valence-corrected chi connectivity index (χ3v) is 2.06. The topological polar surface area (TPSA) is 37.0 Å². The monoisotopic (exact) mass is 177 g/mol. The lowest BCUT2D eigenvalue weighted by Crippen LogP contribution is -2.09. The molecule has 0 amide bonds. The highest BCUT2D eigenvalue weighted by molar-refractivity contribution is 5.75. The Morgan fingerprint density at radius 3 is 2.38 bits per heavy atom. The standard InChI is InChI=1S/C11H13O2/c1-2-6-10(11(12)13)9-7-4-3-5-8-9/h3-5,7-8,10H,2,6H2,1H3. The molecule has 0 aliphatic rings. The van der Waals surface area contributed by atoms with E-state index in [4.69, 9.17) is 0 Å². The van der Waals surface area contributed by atoms with Crippen molar-refractivity contribution in [3.8, 4) is 0 Å². The summed E-state index contributed by atoms with van der Waals surface area (Å²) in [6.07, 6.45) is 1.50. The van der Waals surface area contributed by atoms with E-state index in [1.54, 1.807) is 0 Å². The van der Waals surface area contributed by atoms with Gasteiger partial charge < -0.3 is 0 Å². The fraction of sp³-hybridized carbons (Fsp3) is 0.364. The van der Waals surface area contributed by atoms with E-state index in [1.807, 2.05) is 37.3 Å². The van der Waals surface area contributed by atoms with E-state index in [0.29, 0.717) is 6.42 Å². The number of carbonyl (C=O) groups excluding carboxylic acids is 1. The summed E-state index contributed by atoms with van der Waals surface area (Å²) in [6.45, 7) is 1.97. The molecule has 0 aromatic heterocycles. The summed E-state index contributed by atoms with van der Waals surface area (Å²) in [6, 6.07) is 9.23. The van der Waals surface area contributed by atoms with Gasteiger partial charge in [0.2, 0.25) is 0 Å². The van der Waals surface area contributed by atoms with E-state index in [1.165, 1.54) is 0 Å². The van der Waals surface area contributed by atoms with Gasteiger partial charge in [-0.1, -0.05) is 43.7 Å². The van der Waals surface area contributed by atoms with Gasteiger partial charge in [0.15, 0.2) is 0 Å². The molecule has 2 nitrogen and oxygen atoms in total. The molecule has 0 saturated heterocycles. The second kappa shape index (κ2) is 4.65. The van der Waals surface area contributed by atoms with Gasteiger partial charge in [-0.15, -0.1) is 0 Å². The van der Waals surface area contributed by atoms with Gasteiger partial charge in [0.05, 0.1) is 5.92 Å². The number of benzene rings is 1. The van der Waals surface area contributed by atoms with Crippen LogP contribution in [0.1, 0.15) is 31.2 Å². The van der Waals surface area contributed by atoms with Crippen molar-refractivity contribution in [3.63, 3.8) is 0 Å². The Labute approximate surface area is 78.2 Å². The van der Waals surface area contributed by atoms with Gasteiger partial charge >= 0.3 is 5.97 Å². The van der Waals surface area contributed by atoms with Crippen molar-refractivity contribution in [2.75, 3.05) is 0 Å². The number of rotatable bonds is 4. The van der Waals surface area contributed by atoms with Crippen LogP contribution < -0.4 is 0 Å². The van der Waals surface area contributed by atoms with Crippen molar-refractivity contribution in [2.45, 2.75) is 25.7 Å².